The first-order chi connectivity index (χ1) is 8.20. The second-order valence-electron chi connectivity index (χ2n) is 4.57. The van der Waals surface area contributed by atoms with Crippen molar-refractivity contribution >= 4 is 5.91 Å². The van der Waals surface area contributed by atoms with Crippen molar-refractivity contribution in [2.45, 2.75) is 58.4 Å². The van der Waals surface area contributed by atoms with Gasteiger partial charge in [0.15, 0.2) is 0 Å². The smallest absolute Gasteiger partial charge is 0.234 e. The molecule has 0 saturated carbocycles. The van der Waals surface area contributed by atoms with E-state index in [1.54, 1.807) is 0 Å². The highest BCUT2D eigenvalue weighted by Gasteiger charge is 2.05. The van der Waals surface area contributed by atoms with Crippen LogP contribution in [0.5, 0.6) is 0 Å². The third-order valence-corrected chi connectivity index (χ3v) is 2.68. The van der Waals surface area contributed by atoms with E-state index in [0.717, 1.165) is 45.1 Å². The van der Waals surface area contributed by atoms with Gasteiger partial charge in [-0.2, -0.15) is 0 Å². The molecule has 0 bridgehead atoms. The molecule has 0 spiro atoms. The molecule has 0 aliphatic carbocycles. The maximum absolute atomic E-state index is 11.5. The Morgan fingerprint density at radius 3 is 2.59 bits per heavy atom. The Hall–Kier alpha value is -0.610. The van der Waals surface area contributed by atoms with Gasteiger partial charge < -0.3 is 15.7 Å². The van der Waals surface area contributed by atoms with Crippen LogP contribution in [0.1, 0.15) is 52.4 Å². The summed E-state index contributed by atoms with van der Waals surface area (Å²) in [7, 11) is 0. The van der Waals surface area contributed by atoms with Gasteiger partial charge in [0, 0.05) is 12.6 Å². The van der Waals surface area contributed by atoms with Gasteiger partial charge in [-0.25, -0.2) is 0 Å². The van der Waals surface area contributed by atoms with Crippen molar-refractivity contribution in [3.63, 3.8) is 0 Å². The molecule has 0 fully saturated rings. The van der Waals surface area contributed by atoms with E-state index >= 15 is 0 Å². The van der Waals surface area contributed by atoms with Gasteiger partial charge in [0.05, 0.1) is 6.54 Å². The van der Waals surface area contributed by atoms with Gasteiger partial charge in [-0.05, 0) is 32.7 Å². The Morgan fingerprint density at radius 1 is 1.24 bits per heavy atom. The van der Waals surface area contributed by atoms with Gasteiger partial charge in [-0.1, -0.05) is 26.2 Å². The number of carbonyl (C=O) groups excluding carboxylic acids is 1. The minimum atomic E-state index is 0.0845. The zero-order valence-electron chi connectivity index (χ0n) is 11.3. The Kier molecular flexibility index (Phi) is 11.4. The lowest BCUT2D eigenvalue weighted by atomic mass is 10.2. The van der Waals surface area contributed by atoms with E-state index in [2.05, 4.69) is 17.6 Å². The highest BCUT2D eigenvalue weighted by molar-refractivity contribution is 5.78. The molecule has 1 atom stereocenters. The Bertz CT molecular complexity index is 186. The van der Waals surface area contributed by atoms with E-state index < -0.39 is 0 Å². The van der Waals surface area contributed by atoms with Gasteiger partial charge in [0.25, 0.3) is 0 Å². The van der Waals surface area contributed by atoms with E-state index in [-0.39, 0.29) is 18.6 Å². The fourth-order valence-electron chi connectivity index (χ4n) is 1.75. The maximum atomic E-state index is 11.5. The molecular formula is C13H28N2O2. The monoisotopic (exact) mass is 244 g/mol. The largest absolute Gasteiger partial charge is 0.396 e. The zero-order valence-corrected chi connectivity index (χ0v) is 11.3. The van der Waals surface area contributed by atoms with Crippen molar-refractivity contribution in [3.05, 3.63) is 0 Å². The van der Waals surface area contributed by atoms with Crippen LogP contribution in [-0.2, 0) is 4.79 Å². The molecule has 0 aliphatic rings. The minimum Gasteiger partial charge on any atom is -0.396 e. The number of hydrogen-bond acceptors (Lipinski definition) is 3. The molecule has 0 rings (SSSR count). The number of hydrogen-bond donors (Lipinski definition) is 3. The molecule has 4 heteroatoms. The van der Waals surface area contributed by atoms with Crippen LogP contribution >= 0.6 is 0 Å². The molecule has 102 valence electrons. The molecule has 0 saturated heterocycles. The Labute approximate surface area is 105 Å². The molecule has 0 aromatic rings. The van der Waals surface area contributed by atoms with Crippen LogP contribution in [0, 0.1) is 0 Å². The normalized spacial score (nSPS) is 12.4. The Morgan fingerprint density at radius 2 is 1.94 bits per heavy atom. The number of aliphatic hydroxyl groups is 1. The van der Waals surface area contributed by atoms with Crippen molar-refractivity contribution in [1.82, 2.24) is 10.6 Å². The third-order valence-electron chi connectivity index (χ3n) is 2.68. The molecule has 0 heterocycles. The summed E-state index contributed by atoms with van der Waals surface area (Å²) in [6.45, 7) is 5.73. The number of rotatable bonds is 11. The second-order valence-corrected chi connectivity index (χ2v) is 4.57. The van der Waals surface area contributed by atoms with Gasteiger partial charge in [0.1, 0.15) is 0 Å². The first kappa shape index (κ1) is 16.4. The standard InChI is InChI=1S/C13H28N2O2/c1-3-8-12(2)15-13(17)11-14-9-6-4-5-7-10-16/h12,14,16H,3-11H2,1-2H3,(H,15,17). The quantitative estimate of drug-likeness (QED) is 0.482. The molecule has 3 N–H and O–H groups in total. The molecule has 17 heavy (non-hydrogen) atoms. The predicted molar refractivity (Wildman–Crippen MR) is 70.9 cm³/mol. The Balaban J connectivity index is 3.27. The third kappa shape index (κ3) is 11.6. The van der Waals surface area contributed by atoms with Crippen molar-refractivity contribution in [1.29, 1.82) is 0 Å². The topological polar surface area (TPSA) is 61.4 Å². The number of amides is 1. The molecule has 0 aromatic carbocycles. The summed E-state index contributed by atoms with van der Waals surface area (Å²) >= 11 is 0. The van der Waals surface area contributed by atoms with E-state index in [1.807, 2.05) is 6.92 Å². The van der Waals surface area contributed by atoms with E-state index in [4.69, 9.17) is 5.11 Å². The lowest BCUT2D eigenvalue weighted by Gasteiger charge is -2.13. The highest BCUT2D eigenvalue weighted by atomic mass is 16.2. The fourth-order valence-corrected chi connectivity index (χ4v) is 1.75. The molecule has 0 aromatic heterocycles. The van der Waals surface area contributed by atoms with Crippen molar-refractivity contribution in [2.75, 3.05) is 19.7 Å². The molecule has 0 radical (unpaired) electrons. The van der Waals surface area contributed by atoms with Crippen LogP contribution < -0.4 is 10.6 Å². The van der Waals surface area contributed by atoms with Gasteiger partial charge >= 0.3 is 0 Å². The van der Waals surface area contributed by atoms with Gasteiger partial charge in [-0.15, -0.1) is 0 Å². The SMILES string of the molecule is CCCC(C)NC(=O)CNCCCCCCO. The average molecular weight is 244 g/mol. The summed E-state index contributed by atoms with van der Waals surface area (Å²) in [5.74, 6) is 0.0845. The summed E-state index contributed by atoms with van der Waals surface area (Å²) in [5, 5.41) is 14.7. The summed E-state index contributed by atoms with van der Waals surface area (Å²) < 4.78 is 0. The van der Waals surface area contributed by atoms with Crippen LogP contribution in [0.25, 0.3) is 0 Å². The molecule has 4 nitrogen and oxygen atoms in total. The van der Waals surface area contributed by atoms with Crippen LogP contribution in [0.2, 0.25) is 0 Å². The van der Waals surface area contributed by atoms with E-state index in [9.17, 15) is 4.79 Å². The van der Waals surface area contributed by atoms with Crippen LogP contribution in [-0.4, -0.2) is 36.8 Å². The number of carbonyl (C=O) groups is 1. The fraction of sp³-hybridized carbons (Fsp3) is 0.923. The van der Waals surface area contributed by atoms with Crippen molar-refractivity contribution < 1.29 is 9.90 Å². The van der Waals surface area contributed by atoms with Crippen molar-refractivity contribution in [2.24, 2.45) is 0 Å². The summed E-state index contributed by atoms with van der Waals surface area (Å²) in [6.07, 6.45) is 6.26. The number of unbranched alkanes of at least 4 members (excludes halogenated alkanes) is 3. The van der Waals surface area contributed by atoms with E-state index in [0.29, 0.717) is 6.54 Å². The summed E-state index contributed by atoms with van der Waals surface area (Å²) in [4.78, 5) is 11.5. The van der Waals surface area contributed by atoms with Gasteiger partial charge in [-0.3, -0.25) is 4.79 Å². The van der Waals surface area contributed by atoms with Gasteiger partial charge in [0.2, 0.25) is 5.91 Å². The maximum Gasteiger partial charge on any atom is 0.234 e. The first-order valence-corrected chi connectivity index (χ1v) is 6.81. The minimum absolute atomic E-state index is 0.0845. The lowest BCUT2D eigenvalue weighted by molar-refractivity contribution is -0.120. The number of nitrogens with one attached hydrogen (secondary N) is 2. The zero-order chi connectivity index (χ0) is 12.9. The molecular weight excluding hydrogens is 216 g/mol. The van der Waals surface area contributed by atoms with E-state index in [1.165, 1.54) is 0 Å². The van der Waals surface area contributed by atoms with Crippen LogP contribution in [0.4, 0.5) is 0 Å². The van der Waals surface area contributed by atoms with Crippen molar-refractivity contribution in [3.8, 4) is 0 Å². The van der Waals surface area contributed by atoms with Crippen LogP contribution in [0.3, 0.4) is 0 Å². The summed E-state index contributed by atoms with van der Waals surface area (Å²) in [6, 6.07) is 0.277. The summed E-state index contributed by atoms with van der Waals surface area (Å²) in [5.41, 5.74) is 0. The second kappa shape index (κ2) is 11.9. The molecule has 1 amide bonds. The van der Waals surface area contributed by atoms with Crippen LogP contribution in [0.15, 0.2) is 0 Å². The predicted octanol–water partition coefficient (Wildman–Crippen LogP) is 1.43. The number of aliphatic hydroxyl groups excluding tert-OH is 1. The molecule has 1 unspecified atom stereocenters. The first-order valence-electron chi connectivity index (χ1n) is 6.81. The highest BCUT2D eigenvalue weighted by Crippen LogP contribution is 1.97. The molecule has 0 aliphatic heterocycles. The average Bonchev–Trinajstić information content (AvgIpc) is 2.28. The lowest BCUT2D eigenvalue weighted by Crippen LogP contribution is -2.39.